The van der Waals surface area contributed by atoms with Crippen molar-refractivity contribution in [2.75, 3.05) is 0 Å². The number of hydrogen-bond acceptors (Lipinski definition) is 13. The maximum atomic E-state index is 17.2. The van der Waals surface area contributed by atoms with Gasteiger partial charge >= 0.3 is 24.0 Å². The molecule has 4 aliphatic carbocycles. The first-order chi connectivity index (χ1) is 37.3. The molecule has 1 amide bonds. The molecule has 3 aromatic rings. The lowest BCUT2D eigenvalue weighted by molar-refractivity contribution is -0.244. The van der Waals surface area contributed by atoms with Crippen LogP contribution in [0.4, 0.5) is 4.79 Å². The summed E-state index contributed by atoms with van der Waals surface area (Å²) in [6, 6.07) is 30.6. The van der Waals surface area contributed by atoms with E-state index in [4.69, 9.17) is 32.5 Å². The van der Waals surface area contributed by atoms with Gasteiger partial charge in [-0.25, -0.2) is 14.4 Å². The Labute approximate surface area is 470 Å². The highest BCUT2D eigenvalue weighted by atomic mass is 28.4. The minimum atomic E-state index is -2.79. The smallest absolute Gasteiger partial charge is 0.413 e. The zero-order valence-corrected chi connectivity index (χ0v) is 51.2. The molecule has 16 heteroatoms. The molecule has 0 radical (unpaired) electrons. The summed E-state index contributed by atoms with van der Waals surface area (Å²) in [7, 11) is -5.33. The standard InChI is InChI=1S/C63H87NO13Si2/c1-15-78(16-2,17-3)76-47-37-45-38-62(45,74-41(8)65)53-55(73-56(67)44-34-28-23-29-35-44)63(70)39-46(40(7)49(60(63,12)13)51(54(66)61(47,53)14)77-79(18-4,19-5)20-6)71-57(68)52-50(43-32-26-22-27-33-43)64(58(69)75-59(9,10)11)48(72-52)36-42-30-24-21-25-31-42/h21-35,45-48,50-53,55,70H,15-20,36-39H2,1-14H3/t45?,46-,47-,48+,50-,51+,52+,53-,55-,61+,62-,63+/m0/s1. The zero-order valence-electron chi connectivity index (χ0n) is 49.2. The topological polar surface area (TPSA) is 173 Å². The molecular formula is C63H87NO13Si2. The second-order valence-corrected chi connectivity index (χ2v) is 34.3. The number of ketones is 1. The third-order valence-electron chi connectivity index (χ3n) is 19.3. The Morgan fingerprint density at radius 1 is 0.759 bits per heavy atom. The molecule has 2 bridgehead atoms. The Kier molecular flexibility index (Phi) is 17.3. The van der Waals surface area contributed by atoms with Crippen molar-refractivity contribution in [3.8, 4) is 0 Å². The fourth-order valence-electron chi connectivity index (χ4n) is 14.2. The number of carbonyl (C=O) groups is 5. The number of hydrogen-bond donors (Lipinski definition) is 1. The third kappa shape index (κ3) is 10.9. The van der Waals surface area contributed by atoms with Crippen molar-refractivity contribution >= 4 is 46.4 Å². The number of amides is 1. The molecule has 14 nitrogen and oxygen atoms in total. The molecule has 3 saturated carbocycles. The summed E-state index contributed by atoms with van der Waals surface area (Å²) in [5, 5.41) is 14.7. The number of aliphatic hydroxyl groups is 1. The highest BCUT2D eigenvalue weighted by Gasteiger charge is 2.81. The maximum Gasteiger partial charge on any atom is 0.413 e. The van der Waals surface area contributed by atoms with Crippen LogP contribution in [0.3, 0.4) is 0 Å². The van der Waals surface area contributed by atoms with E-state index in [9.17, 15) is 14.7 Å². The Bertz CT molecular complexity index is 2720. The fraction of sp³-hybridized carbons (Fsp3) is 0.603. The molecule has 5 aliphatic rings. The van der Waals surface area contributed by atoms with Crippen molar-refractivity contribution in [1.29, 1.82) is 0 Å². The van der Waals surface area contributed by atoms with E-state index in [0.29, 0.717) is 47.7 Å². The number of rotatable bonds is 18. The van der Waals surface area contributed by atoms with Crippen LogP contribution in [0.1, 0.15) is 144 Å². The largest absolute Gasteiger partial charge is 0.458 e. The number of carbonyl (C=O) groups excluding carboxylic acids is 5. The van der Waals surface area contributed by atoms with Crippen LogP contribution in [-0.2, 0) is 53.3 Å². The van der Waals surface area contributed by atoms with E-state index in [-0.39, 0.29) is 30.1 Å². The summed E-state index contributed by atoms with van der Waals surface area (Å²) in [6.07, 6.45) is -7.26. The molecule has 1 saturated heterocycles. The Morgan fingerprint density at radius 3 is 1.85 bits per heavy atom. The molecule has 79 heavy (non-hydrogen) atoms. The van der Waals surface area contributed by atoms with Crippen LogP contribution in [-0.4, -0.2) is 110 Å². The molecule has 4 fully saturated rings. The maximum absolute atomic E-state index is 17.2. The van der Waals surface area contributed by atoms with Gasteiger partial charge in [0.2, 0.25) is 0 Å². The van der Waals surface area contributed by atoms with Crippen LogP contribution in [0.2, 0.25) is 36.3 Å². The molecule has 1 unspecified atom stereocenters. The summed E-state index contributed by atoms with van der Waals surface area (Å²) in [5.41, 5.74) is -4.83. The van der Waals surface area contributed by atoms with Crippen LogP contribution in [0.25, 0.3) is 0 Å². The molecule has 12 atom stereocenters. The number of ether oxygens (including phenoxy) is 5. The Hall–Kier alpha value is -4.98. The van der Waals surface area contributed by atoms with Gasteiger partial charge in [-0.2, -0.15) is 0 Å². The SMILES string of the molecule is CC[Si](CC)(CC)O[C@H]1C(=O)[C@]2(C)[C@@H](O[Si](CC)(CC)CC)CC3C[C@@]3(OC(C)=O)[C@H]2[C@H](OC(=O)c2ccccc2)[C@]2(O)C[C@H](OC(=O)[C@@H]3O[C@H](Cc4ccccc4)N(C(=O)OC(C)(C)C)[C@H]3c3ccccc3)C(C)=C1C2(C)C. The highest BCUT2D eigenvalue weighted by molar-refractivity contribution is 6.74. The Morgan fingerprint density at radius 2 is 1.30 bits per heavy atom. The molecule has 0 aromatic heterocycles. The molecule has 8 rings (SSSR count). The molecular weight excluding hydrogens is 1030 g/mol. The monoisotopic (exact) mass is 1120 g/mol. The van der Waals surface area contributed by atoms with E-state index in [1.165, 1.54) is 11.8 Å². The zero-order chi connectivity index (χ0) is 57.7. The average molecular weight is 1120 g/mol. The van der Waals surface area contributed by atoms with E-state index >= 15 is 14.4 Å². The minimum absolute atomic E-state index is 0.215. The van der Waals surface area contributed by atoms with Crippen LogP contribution in [0, 0.1) is 22.7 Å². The second-order valence-electron chi connectivity index (χ2n) is 24.8. The summed E-state index contributed by atoms with van der Waals surface area (Å²) < 4.78 is 48.5. The highest BCUT2D eigenvalue weighted by Crippen LogP contribution is 2.71. The van der Waals surface area contributed by atoms with Crippen molar-refractivity contribution < 1.29 is 61.6 Å². The number of Topliss-reactive ketones (excluding diaryl/α,β-unsaturated/α-hetero) is 1. The minimum Gasteiger partial charge on any atom is -0.458 e. The van der Waals surface area contributed by atoms with E-state index < -0.39 is 117 Å². The lowest BCUT2D eigenvalue weighted by Gasteiger charge is -2.63. The molecule has 1 N–H and O–H groups in total. The first kappa shape index (κ1) is 60.1. The van der Waals surface area contributed by atoms with Crippen LogP contribution >= 0.6 is 0 Å². The predicted octanol–water partition coefficient (Wildman–Crippen LogP) is 12.3. The first-order valence-corrected chi connectivity index (χ1v) is 34.1. The average Bonchev–Trinajstić information content (AvgIpc) is 3.29. The van der Waals surface area contributed by atoms with Crippen molar-refractivity contribution in [1.82, 2.24) is 4.90 Å². The van der Waals surface area contributed by atoms with Gasteiger partial charge in [0.1, 0.15) is 47.4 Å². The summed E-state index contributed by atoms with van der Waals surface area (Å²) in [5.74, 6) is -3.92. The van der Waals surface area contributed by atoms with Gasteiger partial charge in [-0.3, -0.25) is 14.5 Å². The van der Waals surface area contributed by atoms with Crippen LogP contribution in [0.15, 0.2) is 102 Å². The molecule has 3 aromatic carbocycles. The number of fused-ring (bicyclic) bond motifs is 5. The van der Waals surface area contributed by atoms with Gasteiger partial charge in [-0.05, 0) is 118 Å². The van der Waals surface area contributed by atoms with Gasteiger partial charge in [0.25, 0.3) is 0 Å². The fourth-order valence-corrected chi connectivity index (χ4v) is 19.9. The molecule has 1 aliphatic heterocycles. The van der Waals surface area contributed by atoms with Gasteiger partial charge in [0.05, 0.1) is 23.0 Å². The van der Waals surface area contributed by atoms with Crippen molar-refractivity contribution in [2.45, 2.75) is 218 Å². The first-order valence-electron chi connectivity index (χ1n) is 29.0. The van der Waals surface area contributed by atoms with Crippen molar-refractivity contribution in [2.24, 2.45) is 22.7 Å². The normalized spacial score (nSPS) is 31.3. The Balaban J connectivity index is 1.36. The second kappa shape index (κ2) is 22.8. The summed E-state index contributed by atoms with van der Waals surface area (Å²) in [6.45, 7) is 26.8. The van der Waals surface area contributed by atoms with Crippen LogP contribution < -0.4 is 0 Å². The molecule has 0 spiro atoms. The molecule has 430 valence electrons. The summed E-state index contributed by atoms with van der Waals surface area (Å²) >= 11 is 0. The third-order valence-corrected chi connectivity index (χ3v) is 28.5. The van der Waals surface area contributed by atoms with Gasteiger partial charge in [0.15, 0.2) is 28.5 Å². The van der Waals surface area contributed by atoms with Crippen molar-refractivity contribution in [3.63, 3.8) is 0 Å². The van der Waals surface area contributed by atoms with Gasteiger partial charge in [0, 0.05) is 31.1 Å². The van der Waals surface area contributed by atoms with E-state index in [1.807, 2.05) is 88.4 Å². The van der Waals surface area contributed by atoms with Gasteiger partial charge in [-0.15, -0.1) is 0 Å². The predicted molar refractivity (Wildman–Crippen MR) is 306 cm³/mol. The number of benzene rings is 3. The van der Waals surface area contributed by atoms with Gasteiger partial charge in [-0.1, -0.05) is 134 Å². The number of nitrogens with zero attached hydrogens (tertiary/aromatic N) is 1. The molecule has 1 heterocycles. The van der Waals surface area contributed by atoms with E-state index in [1.54, 1.807) is 51.1 Å². The number of esters is 3. The van der Waals surface area contributed by atoms with E-state index in [2.05, 4.69) is 41.5 Å². The van der Waals surface area contributed by atoms with Crippen LogP contribution in [0.5, 0.6) is 0 Å². The quantitative estimate of drug-likeness (QED) is 0.0552. The lowest BCUT2D eigenvalue weighted by atomic mass is 9.47. The van der Waals surface area contributed by atoms with Crippen molar-refractivity contribution in [3.05, 3.63) is 119 Å². The lowest BCUT2D eigenvalue weighted by Crippen LogP contribution is -2.74. The van der Waals surface area contributed by atoms with E-state index in [0.717, 1.165) is 23.7 Å². The summed E-state index contributed by atoms with van der Waals surface area (Å²) in [4.78, 5) is 77.6. The van der Waals surface area contributed by atoms with Gasteiger partial charge < -0.3 is 37.6 Å².